The molecule has 0 radical (unpaired) electrons. The minimum absolute atomic E-state index is 0.375. The van der Waals surface area contributed by atoms with Crippen molar-refractivity contribution in [1.82, 2.24) is 9.97 Å². The summed E-state index contributed by atoms with van der Waals surface area (Å²) < 4.78 is 5.44. The van der Waals surface area contributed by atoms with Gasteiger partial charge in [0, 0.05) is 30.7 Å². The van der Waals surface area contributed by atoms with Crippen LogP contribution in [0.5, 0.6) is 0 Å². The smallest absolute Gasteiger partial charge is 0.148 e. The lowest BCUT2D eigenvalue weighted by Crippen LogP contribution is -2.31. The van der Waals surface area contributed by atoms with Gasteiger partial charge in [-0.25, -0.2) is 15.8 Å². The first kappa shape index (κ1) is 14.5. The van der Waals surface area contributed by atoms with Gasteiger partial charge in [0.1, 0.15) is 17.5 Å². The van der Waals surface area contributed by atoms with Gasteiger partial charge in [0.15, 0.2) is 0 Å². The van der Waals surface area contributed by atoms with Crippen LogP contribution in [0.25, 0.3) is 0 Å². The molecule has 6 nitrogen and oxygen atoms in total. The van der Waals surface area contributed by atoms with E-state index in [1.165, 1.54) is 12.8 Å². The number of ether oxygens (including phenoxy) is 1. The minimum Gasteiger partial charge on any atom is -0.381 e. The normalized spacial score (nSPS) is 21.1. The fourth-order valence-electron chi connectivity index (χ4n) is 2.89. The Hall–Kier alpha value is -1.40. The first-order chi connectivity index (χ1) is 10.2. The van der Waals surface area contributed by atoms with Crippen LogP contribution in [0.4, 0.5) is 11.6 Å². The van der Waals surface area contributed by atoms with Gasteiger partial charge in [0.05, 0.1) is 0 Å². The Kier molecular flexibility index (Phi) is 4.26. The van der Waals surface area contributed by atoms with E-state index in [0.717, 1.165) is 49.1 Å². The van der Waals surface area contributed by atoms with Crippen LogP contribution in [-0.4, -0.2) is 29.2 Å². The molecule has 2 fully saturated rings. The summed E-state index contributed by atoms with van der Waals surface area (Å²) >= 11 is 0. The van der Waals surface area contributed by atoms with Crippen molar-refractivity contribution < 1.29 is 4.74 Å². The second kappa shape index (κ2) is 6.15. The Morgan fingerprint density at radius 3 is 2.43 bits per heavy atom. The molecule has 2 heterocycles. The number of nitrogens with one attached hydrogen (secondary N) is 2. The van der Waals surface area contributed by atoms with Gasteiger partial charge in [-0.3, -0.25) is 0 Å². The molecular weight excluding hydrogens is 266 g/mol. The zero-order chi connectivity index (χ0) is 14.8. The number of hydrogen-bond acceptors (Lipinski definition) is 6. The lowest BCUT2D eigenvalue weighted by molar-refractivity contribution is 0.0622. The van der Waals surface area contributed by atoms with Gasteiger partial charge in [-0.2, -0.15) is 0 Å². The van der Waals surface area contributed by atoms with Gasteiger partial charge < -0.3 is 15.5 Å². The molecule has 1 saturated carbocycles. The maximum atomic E-state index is 5.60. The third-order valence-corrected chi connectivity index (χ3v) is 4.58. The average molecular weight is 291 g/mol. The van der Waals surface area contributed by atoms with Crippen LogP contribution in [0.3, 0.4) is 0 Å². The van der Waals surface area contributed by atoms with Crippen LogP contribution in [0.2, 0.25) is 0 Å². The van der Waals surface area contributed by atoms with Gasteiger partial charge >= 0.3 is 0 Å². The van der Waals surface area contributed by atoms with E-state index < -0.39 is 0 Å². The van der Waals surface area contributed by atoms with E-state index in [1.807, 2.05) is 6.92 Å². The van der Waals surface area contributed by atoms with E-state index in [1.54, 1.807) is 0 Å². The monoisotopic (exact) mass is 291 g/mol. The molecule has 1 saturated heterocycles. The third kappa shape index (κ3) is 3.27. The SMILES string of the molecule is Cc1c(NN)nc(C2CC2)nc1NC(C)C1CCOCC1. The second-order valence-corrected chi connectivity index (χ2v) is 6.21. The molecule has 6 heteroatoms. The topological polar surface area (TPSA) is 85.1 Å². The number of hydrazine groups is 1. The predicted octanol–water partition coefficient (Wildman–Crippen LogP) is 2.18. The average Bonchev–Trinajstić information content (AvgIpc) is 3.35. The summed E-state index contributed by atoms with van der Waals surface area (Å²) in [5.41, 5.74) is 3.69. The van der Waals surface area contributed by atoms with Gasteiger partial charge in [-0.1, -0.05) is 0 Å². The molecule has 0 spiro atoms. The Balaban J connectivity index is 1.78. The van der Waals surface area contributed by atoms with Gasteiger partial charge in [-0.15, -0.1) is 0 Å². The Bertz CT molecular complexity index is 497. The van der Waals surface area contributed by atoms with Crippen molar-refractivity contribution >= 4 is 11.6 Å². The highest BCUT2D eigenvalue weighted by molar-refractivity contribution is 5.57. The Morgan fingerprint density at radius 2 is 1.81 bits per heavy atom. The lowest BCUT2D eigenvalue weighted by atomic mass is 9.93. The summed E-state index contributed by atoms with van der Waals surface area (Å²) in [6.07, 6.45) is 4.58. The molecule has 0 aromatic carbocycles. The van der Waals surface area contributed by atoms with Crippen LogP contribution in [0.15, 0.2) is 0 Å². The molecule has 1 aliphatic heterocycles. The van der Waals surface area contributed by atoms with E-state index in [2.05, 4.69) is 22.7 Å². The first-order valence-corrected chi connectivity index (χ1v) is 7.88. The number of anilines is 2. The molecule has 4 N–H and O–H groups in total. The zero-order valence-corrected chi connectivity index (χ0v) is 12.9. The van der Waals surface area contributed by atoms with Crippen LogP contribution in [0.1, 0.15) is 49.9 Å². The molecule has 0 amide bonds. The third-order valence-electron chi connectivity index (χ3n) is 4.58. The standard InChI is InChI=1S/C15H25N5O/c1-9-13(17-10(2)11-5-7-21-8-6-11)18-15(12-3-4-12)19-14(9)20-16/h10-12H,3-8,16H2,1-2H3,(H2,17,18,19,20). The van der Waals surface area contributed by atoms with Crippen molar-refractivity contribution in [2.24, 2.45) is 11.8 Å². The van der Waals surface area contributed by atoms with E-state index in [9.17, 15) is 0 Å². The number of hydrogen-bond donors (Lipinski definition) is 3. The van der Waals surface area contributed by atoms with Crippen molar-refractivity contribution in [2.45, 2.75) is 51.5 Å². The van der Waals surface area contributed by atoms with Crippen LogP contribution in [-0.2, 0) is 4.74 Å². The highest BCUT2D eigenvalue weighted by Crippen LogP contribution is 2.39. The largest absolute Gasteiger partial charge is 0.381 e. The van der Waals surface area contributed by atoms with E-state index in [4.69, 9.17) is 15.6 Å². The van der Waals surface area contributed by atoms with E-state index in [-0.39, 0.29) is 0 Å². The Labute approximate surface area is 125 Å². The molecule has 1 atom stereocenters. The molecule has 3 rings (SSSR count). The summed E-state index contributed by atoms with van der Waals surface area (Å²) in [7, 11) is 0. The summed E-state index contributed by atoms with van der Waals surface area (Å²) in [5.74, 6) is 9.30. The fraction of sp³-hybridized carbons (Fsp3) is 0.733. The first-order valence-electron chi connectivity index (χ1n) is 7.88. The van der Waals surface area contributed by atoms with E-state index >= 15 is 0 Å². The van der Waals surface area contributed by atoms with Gasteiger partial charge in [0.25, 0.3) is 0 Å². The summed E-state index contributed by atoms with van der Waals surface area (Å²) in [4.78, 5) is 9.25. The van der Waals surface area contributed by atoms with Crippen LogP contribution < -0.4 is 16.6 Å². The molecular formula is C15H25N5O. The molecule has 1 unspecified atom stereocenters. The molecule has 1 aliphatic carbocycles. The number of nitrogen functional groups attached to an aromatic ring is 1. The van der Waals surface area contributed by atoms with Gasteiger partial charge in [0.2, 0.25) is 0 Å². The minimum atomic E-state index is 0.375. The van der Waals surface area contributed by atoms with Crippen LogP contribution >= 0.6 is 0 Å². The van der Waals surface area contributed by atoms with Crippen LogP contribution in [0, 0.1) is 12.8 Å². The van der Waals surface area contributed by atoms with Gasteiger partial charge in [-0.05, 0) is 45.4 Å². The highest BCUT2D eigenvalue weighted by Gasteiger charge is 2.29. The lowest BCUT2D eigenvalue weighted by Gasteiger charge is -2.29. The molecule has 2 aliphatic rings. The maximum absolute atomic E-state index is 5.60. The summed E-state index contributed by atoms with van der Waals surface area (Å²) in [5, 5.41) is 3.58. The molecule has 116 valence electrons. The summed E-state index contributed by atoms with van der Waals surface area (Å²) in [6, 6.07) is 0.375. The van der Waals surface area contributed by atoms with E-state index in [0.29, 0.717) is 17.9 Å². The quantitative estimate of drug-likeness (QED) is 0.569. The van der Waals surface area contributed by atoms with Crippen molar-refractivity contribution in [3.8, 4) is 0 Å². The number of rotatable bonds is 5. The molecule has 0 bridgehead atoms. The van der Waals surface area contributed by atoms with Crippen molar-refractivity contribution in [2.75, 3.05) is 24.0 Å². The zero-order valence-electron chi connectivity index (χ0n) is 12.9. The fourth-order valence-corrected chi connectivity index (χ4v) is 2.89. The number of nitrogens with two attached hydrogens (primary N) is 1. The summed E-state index contributed by atoms with van der Waals surface area (Å²) in [6.45, 7) is 5.96. The highest BCUT2D eigenvalue weighted by atomic mass is 16.5. The van der Waals surface area contributed by atoms with Crippen molar-refractivity contribution in [1.29, 1.82) is 0 Å². The molecule has 1 aromatic heterocycles. The van der Waals surface area contributed by atoms with Crippen molar-refractivity contribution in [3.63, 3.8) is 0 Å². The van der Waals surface area contributed by atoms with Crippen molar-refractivity contribution in [3.05, 3.63) is 11.4 Å². The Morgan fingerprint density at radius 1 is 1.14 bits per heavy atom. The molecule has 1 aromatic rings. The number of nitrogens with zero attached hydrogens (tertiary/aromatic N) is 2. The second-order valence-electron chi connectivity index (χ2n) is 6.21. The molecule has 21 heavy (non-hydrogen) atoms. The maximum Gasteiger partial charge on any atom is 0.148 e. The predicted molar refractivity (Wildman–Crippen MR) is 83.2 cm³/mol. The number of aromatic nitrogens is 2.